The van der Waals surface area contributed by atoms with E-state index >= 15 is 0 Å². The molecule has 4 rings (SSSR count). The number of methoxy groups -OCH3 is 1. The van der Waals surface area contributed by atoms with Crippen LogP contribution < -0.4 is 5.32 Å². The molecule has 2 aromatic carbocycles. The second-order valence-corrected chi connectivity index (χ2v) is 7.22. The fourth-order valence-electron chi connectivity index (χ4n) is 3.99. The highest BCUT2D eigenvalue weighted by Gasteiger charge is 2.23. The molecule has 1 saturated heterocycles. The quantitative estimate of drug-likeness (QED) is 0.842. The van der Waals surface area contributed by atoms with Gasteiger partial charge in [-0.05, 0) is 67.1 Å². The molecule has 1 amide bonds. The van der Waals surface area contributed by atoms with Gasteiger partial charge in [0.2, 0.25) is 0 Å². The highest BCUT2D eigenvalue weighted by atomic mass is 16.5. The Morgan fingerprint density at radius 2 is 1.89 bits per heavy atom. The summed E-state index contributed by atoms with van der Waals surface area (Å²) in [6.07, 6.45) is 3.99. The largest absolute Gasteiger partial charge is 0.465 e. The van der Waals surface area contributed by atoms with Gasteiger partial charge in [-0.15, -0.1) is 0 Å². The SMILES string of the molecule is COC(=O)c1ccc2c(c1)CCC(c1cccc(C(=O)N3CCCC3)c1)N2. The van der Waals surface area contributed by atoms with Crippen LogP contribution in [0.2, 0.25) is 0 Å². The second kappa shape index (κ2) is 7.43. The van der Waals surface area contributed by atoms with Crippen molar-refractivity contribution in [2.75, 3.05) is 25.5 Å². The van der Waals surface area contributed by atoms with Gasteiger partial charge in [-0.1, -0.05) is 12.1 Å². The molecule has 2 aliphatic rings. The van der Waals surface area contributed by atoms with E-state index < -0.39 is 0 Å². The molecule has 1 unspecified atom stereocenters. The molecular formula is C22H24N2O3. The molecule has 1 N–H and O–H groups in total. The molecule has 2 aliphatic heterocycles. The topological polar surface area (TPSA) is 58.6 Å². The highest BCUT2D eigenvalue weighted by molar-refractivity contribution is 5.94. The summed E-state index contributed by atoms with van der Waals surface area (Å²) in [6.45, 7) is 1.72. The van der Waals surface area contributed by atoms with Crippen molar-refractivity contribution in [2.45, 2.75) is 31.7 Å². The van der Waals surface area contributed by atoms with Crippen molar-refractivity contribution < 1.29 is 14.3 Å². The summed E-state index contributed by atoms with van der Waals surface area (Å²) in [5.74, 6) is -0.179. The Bertz CT molecular complexity index is 872. The zero-order chi connectivity index (χ0) is 18.8. The predicted octanol–water partition coefficient (Wildman–Crippen LogP) is 3.81. The van der Waals surface area contributed by atoms with Crippen LogP contribution in [0.25, 0.3) is 0 Å². The van der Waals surface area contributed by atoms with Crippen molar-refractivity contribution in [3.8, 4) is 0 Å². The number of benzene rings is 2. The number of rotatable bonds is 3. The van der Waals surface area contributed by atoms with Gasteiger partial charge in [0.05, 0.1) is 18.7 Å². The highest BCUT2D eigenvalue weighted by Crippen LogP contribution is 2.33. The summed E-state index contributed by atoms with van der Waals surface area (Å²) in [4.78, 5) is 26.3. The molecule has 0 bridgehead atoms. The third kappa shape index (κ3) is 3.54. The minimum absolute atomic E-state index is 0.133. The molecule has 5 nitrogen and oxygen atoms in total. The number of ether oxygens (including phenoxy) is 1. The van der Waals surface area contributed by atoms with E-state index in [1.54, 1.807) is 6.07 Å². The van der Waals surface area contributed by atoms with E-state index in [1.807, 2.05) is 35.2 Å². The first-order valence-corrected chi connectivity index (χ1v) is 9.53. The molecule has 27 heavy (non-hydrogen) atoms. The lowest BCUT2D eigenvalue weighted by Gasteiger charge is -2.28. The third-order valence-electron chi connectivity index (χ3n) is 5.49. The van der Waals surface area contributed by atoms with E-state index in [0.717, 1.165) is 61.2 Å². The van der Waals surface area contributed by atoms with Crippen LogP contribution in [-0.2, 0) is 11.2 Å². The number of carbonyl (C=O) groups is 2. The van der Waals surface area contributed by atoms with Gasteiger partial charge in [0.25, 0.3) is 5.91 Å². The smallest absolute Gasteiger partial charge is 0.337 e. The molecule has 0 radical (unpaired) electrons. The maximum atomic E-state index is 12.7. The average molecular weight is 364 g/mol. The van der Waals surface area contributed by atoms with Gasteiger partial charge in [0.15, 0.2) is 0 Å². The molecule has 2 heterocycles. The van der Waals surface area contributed by atoms with E-state index in [0.29, 0.717) is 5.56 Å². The first-order valence-electron chi connectivity index (χ1n) is 9.53. The van der Waals surface area contributed by atoms with Gasteiger partial charge in [-0.3, -0.25) is 4.79 Å². The van der Waals surface area contributed by atoms with Gasteiger partial charge in [-0.2, -0.15) is 0 Å². The molecule has 1 atom stereocenters. The van der Waals surface area contributed by atoms with Crippen LogP contribution in [-0.4, -0.2) is 37.0 Å². The van der Waals surface area contributed by atoms with Gasteiger partial charge >= 0.3 is 5.97 Å². The Balaban J connectivity index is 1.53. The summed E-state index contributed by atoms with van der Waals surface area (Å²) >= 11 is 0. The zero-order valence-corrected chi connectivity index (χ0v) is 15.5. The number of nitrogens with one attached hydrogen (secondary N) is 1. The first kappa shape index (κ1) is 17.6. The molecule has 140 valence electrons. The van der Waals surface area contributed by atoms with Crippen molar-refractivity contribution >= 4 is 17.6 Å². The number of aryl methyl sites for hydroxylation is 1. The number of hydrogen-bond donors (Lipinski definition) is 1. The molecular weight excluding hydrogens is 340 g/mol. The van der Waals surface area contributed by atoms with Gasteiger partial charge < -0.3 is 15.0 Å². The van der Waals surface area contributed by atoms with Crippen LogP contribution in [0, 0.1) is 0 Å². The van der Waals surface area contributed by atoms with Gasteiger partial charge in [0, 0.05) is 24.3 Å². The van der Waals surface area contributed by atoms with Crippen molar-refractivity contribution in [2.24, 2.45) is 0 Å². The van der Waals surface area contributed by atoms with Crippen LogP contribution in [0.4, 0.5) is 5.69 Å². The third-order valence-corrected chi connectivity index (χ3v) is 5.49. The van der Waals surface area contributed by atoms with E-state index in [9.17, 15) is 9.59 Å². The minimum atomic E-state index is -0.312. The van der Waals surface area contributed by atoms with Crippen molar-refractivity contribution in [1.29, 1.82) is 0 Å². The Kier molecular flexibility index (Phi) is 4.84. The van der Waals surface area contributed by atoms with E-state index in [2.05, 4.69) is 11.4 Å². The Labute approximate surface area is 159 Å². The summed E-state index contributed by atoms with van der Waals surface area (Å²) in [7, 11) is 1.40. The number of hydrogen-bond acceptors (Lipinski definition) is 4. The number of carbonyl (C=O) groups excluding carboxylic acids is 2. The average Bonchev–Trinajstić information content (AvgIpc) is 3.27. The number of anilines is 1. The van der Waals surface area contributed by atoms with Crippen LogP contribution >= 0.6 is 0 Å². The maximum absolute atomic E-state index is 12.7. The number of nitrogens with zero attached hydrogens (tertiary/aromatic N) is 1. The van der Waals surface area contributed by atoms with Crippen LogP contribution in [0.5, 0.6) is 0 Å². The second-order valence-electron chi connectivity index (χ2n) is 7.22. The van der Waals surface area contributed by atoms with Gasteiger partial charge in [0.1, 0.15) is 0 Å². The number of likely N-dealkylation sites (tertiary alicyclic amines) is 1. The first-order chi connectivity index (χ1) is 13.2. The van der Waals surface area contributed by atoms with Crippen LogP contribution in [0.15, 0.2) is 42.5 Å². The lowest BCUT2D eigenvalue weighted by atomic mass is 9.91. The lowest BCUT2D eigenvalue weighted by Crippen LogP contribution is -2.28. The summed E-state index contributed by atoms with van der Waals surface area (Å²) < 4.78 is 4.80. The number of fused-ring (bicyclic) bond motifs is 1. The molecule has 0 saturated carbocycles. The minimum Gasteiger partial charge on any atom is -0.465 e. The fraction of sp³-hybridized carbons (Fsp3) is 0.364. The van der Waals surface area contributed by atoms with Crippen LogP contribution in [0.3, 0.4) is 0 Å². The molecule has 0 aromatic heterocycles. The molecule has 1 fully saturated rings. The normalized spacial score (nSPS) is 18.6. The Morgan fingerprint density at radius 3 is 2.67 bits per heavy atom. The molecule has 5 heteroatoms. The Hall–Kier alpha value is -2.82. The maximum Gasteiger partial charge on any atom is 0.337 e. The summed E-state index contributed by atoms with van der Waals surface area (Å²) in [5.41, 5.74) is 4.63. The predicted molar refractivity (Wildman–Crippen MR) is 104 cm³/mol. The lowest BCUT2D eigenvalue weighted by molar-refractivity contribution is 0.0600. The monoisotopic (exact) mass is 364 g/mol. The summed E-state index contributed by atoms with van der Waals surface area (Å²) in [5, 5.41) is 3.56. The van der Waals surface area contributed by atoms with E-state index in [1.165, 1.54) is 7.11 Å². The molecule has 0 spiro atoms. The summed E-state index contributed by atoms with van der Waals surface area (Å²) in [6, 6.07) is 13.8. The van der Waals surface area contributed by atoms with Crippen molar-refractivity contribution in [3.63, 3.8) is 0 Å². The van der Waals surface area contributed by atoms with E-state index in [-0.39, 0.29) is 17.9 Å². The molecule has 2 aromatic rings. The van der Waals surface area contributed by atoms with Crippen molar-refractivity contribution in [1.82, 2.24) is 4.90 Å². The van der Waals surface area contributed by atoms with Gasteiger partial charge in [-0.25, -0.2) is 4.79 Å². The molecule has 0 aliphatic carbocycles. The standard InChI is InChI=1S/C22H24N2O3/c1-27-22(26)18-8-10-20-16(14-18)7-9-19(23-20)15-5-4-6-17(13-15)21(25)24-11-2-3-12-24/h4-6,8,10,13-14,19,23H,2-3,7,9,11-12H2,1H3. The van der Waals surface area contributed by atoms with E-state index in [4.69, 9.17) is 4.74 Å². The van der Waals surface area contributed by atoms with Crippen LogP contribution in [0.1, 0.15) is 57.1 Å². The Morgan fingerprint density at radius 1 is 1.07 bits per heavy atom. The zero-order valence-electron chi connectivity index (χ0n) is 15.5. The fourth-order valence-corrected chi connectivity index (χ4v) is 3.99. The number of amides is 1. The number of esters is 1. The van der Waals surface area contributed by atoms with Crippen molar-refractivity contribution in [3.05, 3.63) is 64.7 Å².